The zero-order valence-corrected chi connectivity index (χ0v) is 8.75. The maximum atomic E-state index is 10.2. The van der Waals surface area contributed by atoms with Crippen LogP contribution in [0.2, 0.25) is 0 Å². The summed E-state index contributed by atoms with van der Waals surface area (Å²) in [7, 11) is -0.717. The lowest BCUT2D eigenvalue weighted by Crippen LogP contribution is -1.84. The number of hydrogen-bond donors (Lipinski definition) is 0. The van der Waals surface area contributed by atoms with Crippen molar-refractivity contribution in [1.82, 2.24) is 0 Å². The molecule has 0 amide bonds. The molecule has 0 aliphatic rings. The van der Waals surface area contributed by atoms with Gasteiger partial charge in [0.2, 0.25) is 0 Å². The molecule has 0 aromatic heterocycles. The zero-order valence-electron chi connectivity index (χ0n) is 7.75. The maximum Gasteiger partial charge on any atom is 0.542 e. The fourth-order valence-corrected chi connectivity index (χ4v) is 1.39. The van der Waals surface area contributed by atoms with Gasteiger partial charge in [0.15, 0.2) is 5.75 Å². The van der Waals surface area contributed by atoms with E-state index in [2.05, 4.69) is 6.92 Å². The predicted molar refractivity (Wildman–Crippen MR) is 54.7 cm³/mol. The van der Waals surface area contributed by atoms with Gasteiger partial charge in [0.05, 0.1) is 0 Å². The average molecular weight is 197 g/mol. The Labute approximate surface area is 80.2 Å². The Hall–Kier alpha value is -0.880. The molecule has 1 unspecified atom stereocenters. The van der Waals surface area contributed by atoms with Crippen LogP contribution < -0.4 is 4.52 Å². The topological polar surface area (TPSA) is 26.3 Å². The van der Waals surface area contributed by atoms with E-state index in [-0.39, 0.29) is 0 Å². The molecular weight excluding hydrogens is 183 g/mol. The molecule has 0 aliphatic carbocycles. The number of unbranched alkanes of at least 4 members (excludes halogenated alkanes) is 1. The molecule has 1 atom stereocenters. The van der Waals surface area contributed by atoms with Crippen molar-refractivity contribution in [2.75, 3.05) is 0 Å². The van der Waals surface area contributed by atoms with Gasteiger partial charge in [-0.2, -0.15) is 0 Å². The number of aryl methyl sites for hydroxylation is 1. The summed E-state index contributed by atoms with van der Waals surface area (Å²) in [6, 6.07) is 7.75. The molecule has 0 fully saturated rings. The second kappa shape index (κ2) is 5.71. The van der Waals surface area contributed by atoms with Crippen LogP contribution in [0, 0.1) is 0 Å². The van der Waals surface area contributed by atoms with Gasteiger partial charge in [0.25, 0.3) is 0 Å². The third kappa shape index (κ3) is 3.56. The van der Waals surface area contributed by atoms with Crippen molar-refractivity contribution in [2.45, 2.75) is 26.2 Å². The molecule has 0 bridgehead atoms. The fourth-order valence-electron chi connectivity index (χ4n) is 1.15. The molecule has 0 saturated carbocycles. The van der Waals surface area contributed by atoms with Gasteiger partial charge in [0.1, 0.15) is 0 Å². The molecule has 0 radical (unpaired) electrons. The van der Waals surface area contributed by atoms with Gasteiger partial charge >= 0.3 is 8.69 Å². The first-order valence-corrected chi connectivity index (χ1v) is 5.31. The van der Waals surface area contributed by atoms with E-state index in [0.717, 1.165) is 6.42 Å². The Kier molecular flexibility index (Phi) is 4.48. The van der Waals surface area contributed by atoms with Crippen LogP contribution in [-0.2, 0) is 11.0 Å². The van der Waals surface area contributed by atoms with Crippen LogP contribution >= 0.6 is 8.69 Å². The van der Waals surface area contributed by atoms with Gasteiger partial charge in [-0.3, -0.25) is 4.52 Å². The van der Waals surface area contributed by atoms with Crippen LogP contribution in [0.1, 0.15) is 25.3 Å². The summed E-state index contributed by atoms with van der Waals surface area (Å²) in [6.45, 7) is 2.18. The summed E-state index contributed by atoms with van der Waals surface area (Å²) >= 11 is 0. The Morgan fingerprint density at radius 3 is 2.54 bits per heavy atom. The zero-order chi connectivity index (χ0) is 9.52. The lowest BCUT2D eigenvalue weighted by Gasteiger charge is -1.98. The highest BCUT2D eigenvalue weighted by Crippen LogP contribution is 2.16. The Bertz CT molecular complexity index is 256. The minimum atomic E-state index is -0.717. The van der Waals surface area contributed by atoms with Crippen molar-refractivity contribution in [3.63, 3.8) is 0 Å². The summed E-state index contributed by atoms with van der Waals surface area (Å²) < 4.78 is 15.0. The highest BCUT2D eigenvalue weighted by molar-refractivity contribution is 7.17. The molecule has 0 spiro atoms. The highest BCUT2D eigenvalue weighted by atomic mass is 31.1. The molecule has 0 N–H and O–H groups in total. The first-order chi connectivity index (χ1) is 6.36. The lowest BCUT2D eigenvalue weighted by molar-refractivity contribution is 0.525. The van der Waals surface area contributed by atoms with Gasteiger partial charge < -0.3 is 0 Å². The van der Waals surface area contributed by atoms with E-state index in [4.69, 9.17) is 4.52 Å². The first kappa shape index (κ1) is 10.2. The second-order valence-corrected chi connectivity index (χ2v) is 3.30. The minimum Gasteiger partial charge on any atom is -0.256 e. The predicted octanol–water partition coefficient (Wildman–Crippen LogP) is 3.35. The fraction of sp³-hybridized carbons (Fsp3) is 0.400. The number of rotatable bonds is 5. The van der Waals surface area contributed by atoms with E-state index in [1.807, 2.05) is 24.3 Å². The lowest BCUT2D eigenvalue weighted by atomic mass is 10.1. The molecule has 1 rings (SSSR count). The highest BCUT2D eigenvalue weighted by Gasteiger charge is 1.98. The molecule has 13 heavy (non-hydrogen) atoms. The van der Waals surface area contributed by atoms with Crippen LogP contribution in [-0.4, -0.2) is 0 Å². The average Bonchev–Trinajstić information content (AvgIpc) is 2.17. The van der Waals surface area contributed by atoms with Gasteiger partial charge in [-0.15, -0.1) is 0 Å². The van der Waals surface area contributed by atoms with E-state index in [1.54, 1.807) is 0 Å². The van der Waals surface area contributed by atoms with E-state index in [1.165, 1.54) is 18.4 Å². The number of benzene rings is 1. The van der Waals surface area contributed by atoms with Crippen molar-refractivity contribution in [3.8, 4) is 5.75 Å². The molecule has 1 aromatic carbocycles. The van der Waals surface area contributed by atoms with E-state index in [0.29, 0.717) is 5.75 Å². The quantitative estimate of drug-likeness (QED) is 0.676. The van der Waals surface area contributed by atoms with E-state index < -0.39 is 8.69 Å². The van der Waals surface area contributed by atoms with Crippen molar-refractivity contribution in [1.29, 1.82) is 0 Å². The van der Waals surface area contributed by atoms with Crippen molar-refractivity contribution in [2.24, 2.45) is 0 Å². The first-order valence-electron chi connectivity index (χ1n) is 4.49. The molecule has 0 heterocycles. The minimum absolute atomic E-state index is 0.675. The van der Waals surface area contributed by atoms with Gasteiger partial charge in [0, 0.05) is 0 Å². The van der Waals surface area contributed by atoms with Crippen LogP contribution in [0.25, 0.3) is 0 Å². The van der Waals surface area contributed by atoms with Gasteiger partial charge in [-0.25, -0.2) is 0 Å². The van der Waals surface area contributed by atoms with Crippen molar-refractivity contribution in [3.05, 3.63) is 29.8 Å². The summed E-state index contributed by atoms with van der Waals surface area (Å²) in [5.41, 5.74) is 1.31. The van der Waals surface area contributed by atoms with Crippen LogP contribution in [0.15, 0.2) is 24.3 Å². The third-order valence-corrected chi connectivity index (χ3v) is 2.22. The maximum absolute atomic E-state index is 10.2. The largest absolute Gasteiger partial charge is 0.542 e. The molecule has 0 aliphatic heterocycles. The summed E-state index contributed by atoms with van der Waals surface area (Å²) in [6.07, 6.45) is 3.53. The molecule has 2 nitrogen and oxygen atoms in total. The van der Waals surface area contributed by atoms with Gasteiger partial charge in [-0.05, 0) is 35.1 Å². The van der Waals surface area contributed by atoms with E-state index >= 15 is 0 Å². The molecular formula is C10H14O2P+. The van der Waals surface area contributed by atoms with Crippen LogP contribution in [0.3, 0.4) is 0 Å². The van der Waals surface area contributed by atoms with Crippen molar-refractivity contribution >= 4 is 8.69 Å². The Balaban J connectivity index is 2.53. The molecule has 0 saturated heterocycles. The van der Waals surface area contributed by atoms with Crippen molar-refractivity contribution < 1.29 is 9.09 Å². The Morgan fingerprint density at radius 1 is 1.31 bits per heavy atom. The smallest absolute Gasteiger partial charge is 0.256 e. The van der Waals surface area contributed by atoms with Gasteiger partial charge in [-0.1, -0.05) is 25.5 Å². The number of hydrogen-bond acceptors (Lipinski definition) is 2. The summed E-state index contributed by atoms with van der Waals surface area (Å²) in [4.78, 5) is 0. The molecule has 3 heteroatoms. The molecule has 1 aromatic rings. The summed E-state index contributed by atoms with van der Waals surface area (Å²) in [5, 5.41) is 0. The molecule has 70 valence electrons. The second-order valence-electron chi connectivity index (χ2n) is 2.93. The third-order valence-electron chi connectivity index (χ3n) is 1.90. The Morgan fingerprint density at radius 2 is 2.00 bits per heavy atom. The summed E-state index contributed by atoms with van der Waals surface area (Å²) in [5.74, 6) is 0.675. The SMILES string of the molecule is CCCCc1ccc(O[PH+]=O)cc1. The monoisotopic (exact) mass is 197 g/mol. The van der Waals surface area contributed by atoms with Crippen LogP contribution in [0.5, 0.6) is 5.75 Å². The standard InChI is InChI=1S/C10H14O2P/c1-2-3-4-9-5-7-10(8-6-9)12-13-11/h5-8,13H,2-4H2,1H3/q+1. The normalized spacial score (nSPS) is 10.2. The van der Waals surface area contributed by atoms with Crippen LogP contribution in [0.4, 0.5) is 0 Å². The van der Waals surface area contributed by atoms with E-state index in [9.17, 15) is 4.57 Å².